The Bertz CT molecular complexity index is 842. The lowest BCUT2D eigenvalue weighted by molar-refractivity contribution is 0.171. The van der Waals surface area contributed by atoms with Gasteiger partial charge in [0.1, 0.15) is 5.76 Å². The summed E-state index contributed by atoms with van der Waals surface area (Å²) < 4.78 is 59.9. The van der Waals surface area contributed by atoms with Gasteiger partial charge in [0.05, 0.1) is 13.7 Å². The SMILES string of the molecule is C=C(OC)/C(F)=C1/Oc2c(cc(OCC3CCC(CCCCC)CC3)c(F)c2F)C[C@H]1C.CC. The van der Waals surface area contributed by atoms with E-state index >= 15 is 0 Å². The van der Waals surface area contributed by atoms with Gasteiger partial charge in [-0.1, -0.05) is 72.8 Å². The second-order valence-electron chi connectivity index (χ2n) is 9.20. The fraction of sp³-hybridized carbons (Fsp3) is 0.643. The summed E-state index contributed by atoms with van der Waals surface area (Å²) in [5.41, 5.74) is 0.464. The van der Waals surface area contributed by atoms with Gasteiger partial charge in [0.25, 0.3) is 0 Å². The van der Waals surface area contributed by atoms with Crippen LogP contribution in [0.15, 0.2) is 30.0 Å². The summed E-state index contributed by atoms with van der Waals surface area (Å²) in [5.74, 6) is -3.00. The molecule has 1 heterocycles. The molecule has 0 N–H and O–H groups in total. The molecule has 0 unspecified atom stereocenters. The van der Waals surface area contributed by atoms with E-state index in [0.717, 1.165) is 18.8 Å². The van der Waals surface area contributed by atoms with Crippen molar-refractivity contribution in [2.24, 2.45) is 17.8 Å². The van der Waals surface area contributed by atoms with Gasteiger partial charge in [0.2, 0.25) is 17.5 Å². The van der Waals surface area contributed by atoms with Crippen molar-refractivity contribution in [2.45, 2.75) is 85.5 Å². The fourth-order valence-electron chi connectivity index (χ4n) is 4.70. The van der Waals surface area contributed by atoms with E-state index in [9.17, 15) is 13.2 Å². The largest absolute Gasteiger partial charge is 0.494 e. The van der Waals surface area contributed by atoms with Crippen molar-refractivity contribution in [1.82, 2.24) is 0 Å². The van der Waals surface area contributed by atoms with Crippen molar-refractivity contribution in [3.05, 3.63) is 47.2 Å². The number of methoxy groups -OCH3 is 1. The molecule has 0 spiro atoms. The standard InChI is InChI=1S/C26H35F3O3.C2H6/c1-5-6-7-8-18-9-11-19(12-10-18)15-31-21-14-20-13-16(2)25(22(27)17(3)30-4)32-26(20)24(29)23(21)28;1-2/h14,16,18-19H,3,5-13,15H2,1-2,4H3;1-2H3/b25-22-;/t16-,18?,19?;/m1./s1. The molecule has 0 amide bonds. The minimum absolute atomic E-state index is 0.101. The predicted molar refractivity (Wildman–Crippen MR) is 131 cm³/mol. The lowest BCUT2D eigenvalue weighted by atomic mass is 9.80. The molecule has 1 aromatic rings. The van der Waals surface area contributed by atoms with Crippen LogP contribution in [0.4, 0.5) is 13.2 Å². The van der Waals surface area contributed by atoms with Crippen molar-refractivity contribution < 1.29 is 27.4 Å². The third-order valence-corrected chi connectivity index (χ3v) is 6.76. The number of hydrogen-bond acceptors (Lipinski definition) is 3. The van der Waals surface area contributed by atoms with E-state index < -0.39 is 17.5 Å². The van der Waals surface area contributed by atoms with Crippen LogP contribution in [-0.4, -0.2) is 13.7 Å². The van der Waals surface area contributed by atoms with Crippen LogP contribution in [0.5, 0.6) is 11.5 Å². The zero-order valence-electron chi connectivity index (χ0n) is 21.4. The first kappa shape index (κ1) is 28.1. The molecular weight excluding hydrogens is 441 g/mol. The van der Waals surface area contributed by atoms with Crippen LogP contribution in [0.1, 0.15) is 84.6 Å². The first-order chi connectivity index (χ1) is 16.3. The molecule has 0 aromatic heterocycles. The summed E-state index contributed by atoms with van der Waals surface area (Å²) in [6, 6.07) is 1.49. The molecule has 0 radical (unpaired) electrons. The molecule has 6 heteroatoms. The molecule has 2 aliphatic rings. The molecule has 34 heavy (non-hydrogen) atoms. The van der Waals surface area contributed by atoms with Gasteiger partial charge < -0.3 is 14.2 Å². The van der Waals surface area contributed by atoms with Crippen molar-refractivity contribution in [3.63, 3.8) is 0 Å². The molecule has 1 atom stereocenters. The third kappa shape index (κ3) is 6.96. The summed E-state index contributed by atoms with van der Waals surface area (Å²) in [6.07, 6.45) is 9.89. The molecule has 1 aliphatic carbocycles. The average Bonchev–Trinajstić information content (AvgIpc) is 2.86. The highest BCUT2D eigenvalue weighted by molar-refractivity contribution is 5.47. The molecule has 1 aromatic carbocycles. The summed E-state index contributed by atoms with van der Waals surface area (Å²) in [7, 11) is 1.28. The zero-order valence-corrected chi connectivity index (χ0v) is 21.4. The predicted octanol–water partition coefficient (Wildman–Crippen LogP) is 8.67. The van der Waals surface area contributed by atoms with E-state index in [2.05, 4.69) is 13.5 Å². The molecule has 0 bridgehead atoms. The van der Waals surface area contributed by atoms with E-state index in [1.165, 1.54) is 51.7 Å². The number of halogens is 3. The second-order valence-corrected chi connectivity index (χ2v) is 9.20. The molecular formula is C28H41F3O3. The number of hydrogen-bond donors (Lipinski definition) is 0. The molecule has 192 valence electrons. The number of allylic oxidation sites excluding steroid dienone is 2. The smallest absolute Gasteiger partial charge is 0.205 e. The number of benzene rings is 1. The Kier molecular flexibility index (Phi) is 11.3. The number of ether oxygens (including phenoxy) is 3. The Morgan fingerprint density at radius 3 is 2.35 bits per heavy atom. The van der Waals surface area contributed by atoms with Crippen LogP contribution in [0.2, 0.25) is 0 Å². The Hall–Kier alpha value is -2.11. The summed E-state index contributed by atoms with van der Waals surface area (Å²) >= 11 is 0. The van der Waals surface area contributed by atoms with E-state index in [4.69, 9.17) is 14.2 Å². The van der Waals surface area contributed by atoms with Gasteiger partial charge in [-0.3, -0.25) is 0 Å². The van der Waals surface area contributed by atoms with Gasteiger partial charge in [0.15, 0.2) is 17.3 Å². The first-order valence-electron chi connectivity index (χ1n) is 12.8. The van der Waals surface area contributed by atoms with Gasteiger partial charge >= 0.3 is 0 Å². The highest BCUT2D eigenvalue weighted by Gasteiger charge is 2.32. The Balaban J connectivity index is 0.00000199. The van der Waals surface area contributed by atoms with Gasteiger partial charge in [-0.25, -0.2) is 0 Å². The van der Waals surface area contributed by atoms with Gasteiger partial charge in [-0.15, -0.1) is 0 Å². The van der Waals surface area contributed by atoms with Crippen LogP contribution in [0.25, 0.3) is 0 Å². The zero-order chi connectivity index (χ0) is 25.3. The third-order valence-electron chi connectivity index (χ3n) is 6.76. The highest BCUT2D eigenvalue weighted by Crippen LogP contribution is 2.41. The van der Waals surface area contributed by atoms with E-state index in [1.807, 2.05) is 13.8 Å². The quantitative estimate of drug-likeness (QED) is 0.260. The number of fused-ring (bicyclic) bond motifs is 1. The van der Waals surface area contributed by atoms with Crippen LogP contribution in [0, 0.1) is 29.4 Å². The topological polar surface area (TPSA) is 27.7 Å². The minimum atomic E-state index is -1.16. The second kappa shape index (κ2) is 13.7. The Labute approximate surface area is 203 Å². The molecule has 1 fully saturated rings. The van der Waals surface area contributed by atoms with Crippen molar-refractivity contribution >= 4 is 0 Å². The Morgan fingerprint density at radius 2 is 1.74 bits per heavy atom. The Morgan fingerprint density at radius 1 is 1.09 bits per heavy atom. The van der Waals surface area contributed by atoms with E-state index in [-0.39, 0.29) is 28.9 Å². The minimum Gasteiger partial charge on any atom is -0.494 e. The molecule has 1 aliphatic heterocycles. The highest BCUT2D eigenvalue weighted by atomic mass is 19.2. The van der Waals surface area contributed by atoms with Crippen LogP contribution >= 0.6 is 0 Å². The summed E-state index contributed by atoms with van der Waals surface area (Å²) in [4.78, 5) is 0. The van der Waals surface area contributed by atoms with Crippen molar-refractivity contribution in [2.75, 3.05) is 13.7 Å². The molecule has 0 saturated heterocycles. The van der Waals surface area contributed by atoms with Gasteiger partial charge in [0, 0.05) is 11.5 Å². The number of unbranched alkanes of at least 4 members (excludes halogenated alkanes) is 2. The normalized spacial score (nSPS) is 23.1. The van der Waals surface area contributed by atoms with Crippen LogP contribution < -0.4 is 9.47 Å². The maximum Gasteiger partial charge on any atom is 0.205 e. The fourth-order valence-corrected chi connectivity index (χ4v) is 4.70. The molecule has 1 saturated carbocycles. The maximum atomic E-state index is 14.8. The van der Waals surface area contributed by atoms with Crippen molar-refractivity contribution in [1.29, 1.82) is 0 Å². The summed E-state index contributed by atoms with van der Waals surface area (Å²) in [5, 5.41) is 0. The van der Waals surface area contributed by atoms with E-state index in [1.54, 1.807) is 6.92 Å². The van der Waals surface area contributed by atoms with Crippen molar-refractivity contribution in [3.8, 4) is 11.5 Å². The summed E-state index contributed by atoms with van der Waals surface area (Å²) in [6.45, 7) is 11.8. The van der Waals surface area contributed by atoms with Gasteiger partial charge in [-0.2, -0.15) is 13.2 Å². The molecule has 3 nitrogen and oxygen atoms in total. The lowest BCUT2D eigenvalue weighted by Crippen LogP contribution is -2.22. The number of rotatable bonds is 9. The van der Waals surface area contributed by atoms with Crippen LogP contribution in [0.3, 0.4) is 0 Å². The monoisotopic (exact) mass is 482 g/mol. The molecule has 3 rings (SSSR count). The first-order valence-corrected chi connectivity index (χ1v) is 12.8. The average molecular weight is 483 g/mol. The maximum absolute atomic E-state index is 14.8. The van der Waals surface area contributed by atoms with Gasteiger partial charge in [-0.05, 0) is 37.2 Å². The lowest BCUT2D eigenvalue weighted by Gasteiger charge is -2.29. The van der Waals surface area contributed by atoms with Crippen LogP contribution in [-0.2, 0) is 11.2 Å². The van der Waals surface area contributed by atoms with E-state index in [0.29, 0.717) is 24.5 Å².